The van der Waals surface area contributed by atoms with E-state index < -0.39 is 12.7 Å². The molecule has 0 unspecified atom stereocenters. The van der Waals surface area contributed by atoms with E-state index in [-0.39, 0.29) is 24.9 Å². The topological polar surface area (TPSA) is 54.0 Å². The highest BCUT2D eigenvalue weighted by Gasteiger charge is 2.26. The molecular formula is C14H20F3N3OS. The van der Waals surface area contributed by atoms with Crippen molar-refractivity contribution in [1.82, 2.24) is 15.6 Å². The van der Waals surface area contributed by atoms with Crippen LogP contribution in [0.15, 0.2) is 0 Å². The number of hydrogen-bond donors (Lipinski definition) is 2. The minimum absolute atomic E-state index is 0.00638. The Labute approximate surface area is 131 Å². The lowest BCUT2D eigenvalue weighted by Crippen LogP contribution is -2.33. The first-order valence-electron chi connectivity index (χ1n) is 7.40. The second-order valence-electron chi connectivity index (χ2n) is 5.46. The first-order chi connectivity index (χ1) is 10.3. The zero-order valence-electron chi connectivity index (χ0n) is 12.4. The van der Waals surface area contributed by atoms with E-state index >= 15 is 0 Å². The SMILES string of the molecule is C[C@@H](NC(=O)CCNCC(F)(F)F)c1nc2c(s1)CCCC2. The highest BCUT2D eigenvalue weighted by molar-refractivity contribution is 7.11. The van der Waals surface area contributed by atoms with Gasteiger partial charge in [-0.3, -0.25) is 4.79 Å². The molecule has 0 spiro atoms. The van der Waals surface area contributed by atoms with Gasteiger partial charge in [-0.15, -0.1) is 11.3 Å². The minimum Gasteiger partial charge on any atom is -0.347 e. The van der Waals surface area contributed by atoms with Crippen LogP contribution < -0.4 is 10.6 Å². The quantitative estimate of drug-likeness (QED) is 0.786. The largest absolute Gasteiger partial charge is 0.401 e. The number of rotatable bonds is 6. The van der Waals surface area contributed by atoms with Gasteiger partial charge in [0.05, 0.1) is 18.3 Å². The summed E-state index contributed by atoms with van der Waals surface area (Å²) in [6.07, 6.45) is 0.153. The molecule has 1 heterocycles. The Bertz CT molecular complexity index is 492. The third-order valence-corrected chi connectivity index (χ3v) is 4.80. The standard InChI is InChI=1S/C14H20F3N3OS/c1-9(13-20-10-4-2-3-5-11(10)22-13)19-12(21)6-7-18-8-14(15,16)17/h9,18H,2-8H2,1H3,(H,19,21)/t9-/m1/s1. The van der Waals surface area contributed by atoms with Gasteiger partial charge in [0.2, 0.25) is 5.91 Å². The molecule has 2 rings (SSSR count). The van der Waals surface area contributed by atoms with Gasteiger partial charge >= 0.3 is 6.18 Å². The smallest absolute Gasteiger partial charge is 0.347 e. The number of thiazole rings is 1. The molecule has 0 bridgehead atoms. The molecule has 0 saturated carbocycles. The van der Waals surface area contributed by atoms with Crippen LogP contribution >= 0.6 is 11.3 Å². The van der Waals surface area contributed by atoms with Crippen molar-refractivity contribution in [3.8, 4) is 0 Å². The van der Waals surface area contributed by atoms with Gasteiger partial charge < -0.3 is 10.6 Å². The minimum atomic E-state index is -4.25. The number of aryl methyl sites for hydroxylation is 2. The summed E-state index contributed by atoms with van der Waals surface area (Å²) < 4.78 is 35.9. The second-order valence-corrected chi connectivity index (χ2v) is 6.58. The van der Waals surface area contributed by atoms with Crippen LogP contribution in [0.1, 0.15) is 47.8 Å². The van der Waals surface area contributed by atoms with Gasteiger partial charge in [-0.25, -0.2) is 4.98 Å². The van der Waals surface area contributed by atoms with Crippen molar-refractivity contribution in [2.24, 2.45) is 0 Å². The first-order valence-corrected chi connectivity index (χ1v) is 8.22. The average Bonchev–Trinajstić information content (AvgIpc) is 2.86. The number of amides is 1. The van der Waals surface area contributed by atoms with E-state index in [4.69, 9.17) is 0 Å². The van der Waals surface area contributed by atoms with E-state index in [1.54, 1.807) is 11.3 Å². The first kappa shape index (κ1) is 17.2. The molecule has 4 nitrogen and oxygen atoms in total. The maximum absolute atomic E-state index is 12.0. The molecule has 124 valence electrons. The molecule has 1 aromatic heterocycles. The molecule has 1 amide bonds. The van der Waals surface area contributed by atoms with Crippen molar-refractivity contribution in [2.75, 3.05) is 13.1 Å². The van der Waals surface area contributed by atoms with Crippen LogP contribution in [0.2, 0.25) is 0 Å². The molecule has 0 aromatic carbocycles. The second kappa shape index (κ2) is 7.41. The summed E-state index contributed by atoms with van der Waals surface area (Å²) in [5, 5.41) is 5.88. The Morgan fingerprint density at radius 3 is 2.77 bits per heavy atom. The summed E-state index contributed by atoms with van der Waals surface area (Å²) in [6, 6.07) is -0.203. The Hall–Kier alpha value is -1.15. The molecule has 1 aliphatic carbocycles. The van der Waals surface area contributed by atoms with E-state index in [2.05, 4.69) is 15.6 Å². The van der Waals surface area contributed by atoms with Gasteiger partial charge in [-0.1, -0.05) is 0 Å². The van der Waals surface area contributed by atoms with Crippen molar-refractivity contribution in [2.45, 2.75) is 51.2 Å². The van der Waals surface area contributed by atoms with Gasteiger partial charge in [-0.05, 0) is 32.6 Å². The zero-order valence-corrected chi connectivity index (χ0v) is 13.2. The molecule has 1 atom stereocenters. The Morgan fingerprint density at radius 2 is 2.09 bits per heavy atom. The van der Waals surface area contributed by atoms with Crippen molar-refractivity contribution in [3.05, 3.63) is 15.6 Å². The predicted molar refractivity (Wildman–Crippen MR) is 78.9 cm³/mol. The maximum Gasteiger partial charge on any atom is 0.401 e. The molecule has 22 heavy (non-hydrogen) atoms. The summed E-state index contributed by atoms with van der Waals surface area (Å²) in [4.78, 5) is 17.6. The van der Waals surface area contributed by atoms with E-state index in [1.807, 2.05) is 6.92 Å². The molecule has 1 aromatic rings. The fourth-order valence-corrected chi connectivity index (χ4v) is 3.52. The third kappa shape index (κ3) is 5.24. The normalized spacial score (nSPS) is 16.2. The number of fused-ring (bicyclic) bond motifs is 1. The molecule has 1 aliphatic rings. The molecule has 0 fully saturated rings. The highest BCUT2D eigenvalue weighted by atomic mass is 32.1. The van der Waals surface area contributed by atoms with Crippen LogP contribution in [0, 0.1) is 0 Å². The van der Waals surface area contributed by atoms with Crippen LogP contribution in [-0.2, 0) is 17.6 Å². The number of halogens is 3. The number of carbonyl (C=O) groups excluding carboxylic acids is 1. The molecule has 8 heteroatoms. The van der Waals surface area contributed by atoms with Crippen LogP contribution in [0.4, 0.5) is 13.2 Å². The maximum atomic E-state index is 12.0. The van der Waals surface area contributed by atoms with Crippen LogP contribution in [0.5, 0.6) is 0 Å². The molecule has 0 radical (unpaired) electrons. The lowest BCUT2D eigenvalue weighted by Gasteiger charge is -2.12. The number of nitrogens with zero attached hydrogens (tertiary/aromatic N) is 1. The summed E-state index contributed by atoms with van der Waals surface area (Å²) in [7, 11) is 0. The Balaban J connectivity index is 1.75. The predicted octanol–water partition coefficient (Wildman–Crippen LogP) is 2.74. The van der Waals surface area contributed by atoms with E-state index in [9.17, 15) is 18.0 Å². The lowest BCUT2D eigenvalue weighted by atomic mass is 10.0. The van der Waals surface area contributed by atoms with Crippen molar-refractivity contribution < 1.29 is 18.0 Å². The molecule has 2 N–H and O–H groups in total. The van der Waals surface area contributed by atoms with E-state index in [1.165, 1.54) is 11.3 Å². The molecular weight excluding hydrogens is 315 g/mol. The number of carbonyl (C=O) groups is 1. The fourth-order valence-electron chi connectivity index (χ4n) is 2.36. The Morgan fingerprint density at radius 1 is 1.36 bits per heavy atom. The number of hydrogen-bond acceptors (Lipinski definition) is 4. The monoisotopic (exact) mass is 335 g/mol. The van der Waals surface area contributed by atoms with Gasteiger partial charge in [0.25, 0.3) is 0 Å². The Kier molecular flexibility index (Phi) is 5.80. The lowest BCUT2D eigenvalue weighted by molar-refractivity contribution is -0.127. The summed E-state index contributed by atoms with van der Waals surface area (Å²) in [5.74, 6) is -0.268. The van der Waals surface area contributed by atoms with Crippen molar-refractivity contribution in [1.29, 1.82) is 0 Å². The summed E-state index contributed by atoms with van der Waals surface area (Å²) in [6.45, 7) is 0.785. The van der Waals surface area contributed by atoms with Crippen LogP contribution in [0.3, 0.4) is 0 Å². The molecule has 0 aliphatic heterocycles. The number of nitrogens with one attached hydrogen (secondary N) is 2. The summed E-state index contributed by atoms with van der Waals surface area (Å²) >= 11 is 1.63. The summed E-state index contributed by atoms with van der Waals surface area (Å²) in [5.41, 5.74) is 1.14. The zero-order chi connectivity index (χ0) is 16.2. The van der Waals surface area contributed by atoms with Gasteiger partial charge in [0.15, 0.2) is 0 Å². The van der Waals surface area contributed by atoms with Crippen molar-refractivity contribution in [3.63, 3.8) is 0 Å². The molecule has 0 saturated heterocycles. The van der Waals surface area contributed by atoms with Gasteiger partial charge in [0, 0.05) is 17.8 Å². The average molecular weight is 335 g/mol. The highest BCUT2D eigenvalue weighted by Crippen LogP contribution is 2.29. The van der Waals surface area contributed by atoms with Gasteiger partial charge in [0.1, 0.15) is 5.01 Å². The van der Waals surface area contributed by atoms with Crippen LogP contribution in [0.25, 0.3) is 0 Å². The van der Waals surface area contributed by atoms with Gasteiger partial charge in [-0.2, -0.15) is 13.2 Å². The number of alkyl halides is 3. The van der Waals surface area contributed by atoms with Crippen molar-refractivity contribution >= 4 is 17.2 Å². The van der Waals surface area contributed by atoms with E-state index in [0.717, 1.165) is 30.0 Å². The fraction of sp³-hybridized carbons (Fsp3) is 0.714. The third-order valence-electron chi connectivity index (χ3n) is 3.46. The number of aromatic nitrogens is 1. The van der Waals surface area contributed by atoms with E-state index in [0.29, 0.717) is 0 Å². The van der Waals surface area contributed by atoms with Crippen LogP contribution in [-0.4, -0.2) is 30.2 Å².